The molecule has 0 saturated heterocycles. The van der Waals surface area contributed by atoms with E-state index in [4.69, 9.17) is 16.6 Å². The highest BCUT2D eigenvalue weighted by molar-refractivity contribution is 7.19. The number of thiazole rings is 1. The summed E-state index contributed by atoms with van der Waals surface area (Å²) in [6.07, 6.45) is 8.58. The summed E-state index contributed by atoms with van der Waals surface area (Å²) in [5, 5.41) is 33.5. The topological polar surface area (TPSA) is 198 Å². The summed E-state index contributed by atoms with van der Waals surface area (Å²) in [5.41, 5.74) is 5.47. The number of fused-ring (bicyclic) bond motifs is 3. The molecule has 60 heavy (non-hydrogen) atoms. The van der Waals surface area contributed by atoms with Gasteiger partial charge in [0.25, 0.3) is 5.91 Å². The van der Waals surface area contributed by atoms with Crippen LogP contribution in [0.15, 0.2) is 47.5 Å². The molecule has 0 bridgehead atoms. The van der Waals surface area contributed by atoms with E-state index in [1.54, 1.807) is 29.5 Å². The molecule has 0 aliphatic carbocycles. The number of amides is 3. The van der Waals surface area contributed by atoms with Gasteiger partial charge in [0.05, 0.1) is 28.3 Å². The van der Waals surface area contributed by atoms with Crippen molar-refractivity contribution < 1.29 is 19.3 Å². The van der Waals surface area contributed by atoms with Crippen LogP contribution in [0.5, 0.6) is 0 Å². The summed E-state index contributed by atoms with van der Waals surface area (Å²) in [7, 11) is 0. The zero-order valence-corrected chi connectivity index (χ0v) is 36.7. The Morgan fingerprint density at radius 1 is 0.883 bits per heavy atom. The lowest BCUT2D eigenvalue weighted by atomic mass is 9.99. The molecule has 0 spiro atoms. The van der Waals surface area contributed by atoms with Gasteiger partial charge in [0, 0.05) is 46.7 Å². The number of aliphatic imine (C=N–C) groups is 1. The Balaban J connectivity index is 0.896. The molecule has 0 fully saturated rings. The van der Waals surface area contributed by atoms with E-state index < -0.39 is 16.9 Å². The molecule has 1 aliphatic heterocycles. The third kappa shape index (κ3) is 10.8. The van der Waals surface area contributed by atoms with Gasteiger partial charge >= 0.3 is 5.00 Å². The number of hydrogen-bond donors (Lipinski definition) is 4. The first-order chi connectivity index (χ1) is 28.8. The van der Waals surface area contributed by atoms with E-state index in [0.29, 0.717) is 23.1 Å². The van der Waals surface area contributed by atoms with Crippen molar-refractivity contribution in [1.29, 1.82) is 0 Å². The first-order valence-electron chi connectivity index (χ1n) is 20.0. The number of thiophene rings is 1. The number of benzene rings is 2. The van der Waals surface area contributed by atoms with Gasteiger partial charge in [0.1, 0.15) is 22.6 Å². The van der Waals surface area contributed by atoms with E-state index in [0.717, 1.165) is 108 Å². The monoisotopic (exact) mass is 872 g/mol. The number of hydrogen-bond acceptors (Lipinski definition) is 12. The lowest BCUT2D eigenvalue weighted by Crippen LogP contribution is -2.26. The van der Waals surface area contributed by atoms with Gasteiger partial charge in [-0.1, -0.05) is 62.3 Å². The maximum absolute atomic E-state index is 13.3. The van der Waals surface area contributed by atoms with Crippen LogP contribution >= 0.6 is 34.3 Å². The van der Waals surface area contributed by atoms with Gasteiger partial charge < -0.3 is 16.0 Å². The number of nitro groups is 1. The molecule has 316 valence electrons. The molecule has 4 N–H and O–H groups in total. The number of nitrogens with zero attached hydrogens (tertiary/aromatic N) is 6. The molecule has 1 aliphatic rings. The van der Waals surface area contributed by atoms with Crippen molar-refractivity contribution in [2.75, 3.05) is 29.0 Å². The molecular weight excluding hydrogens is 824 g/mol. The number of halogens is 1. The molecule has 1 atom stereocenters. The Bertz CT molecular complexity index is 2410. The van der Waals surface area contributed by atoms with Gasteiger partial charge in [-0.3, -0.25) is 39.4 Å². The molecular formula is C42H49ClN10O5S2. The van der Waals surface area contributed by atoms with Crippen molar-refractivity contribution in [2.24, 2.45) is 4.99 Å². The van der Waals surface area contributed by atoms with E-state index in [-0.39, 0.29) is 39.6 Å². The lowest BCUT2D eigenvalue weighted by Gasteiger charge is -2.13. The zero-order valence-electron chi connectivity index (χ0n) is 34.3. The van der Waals surface area contributed by atoms with Crippen LogP contribution in [0.25, 0.3) is 5.00 Å². The lowest BCUT2D eigenvalue weighted by molar-refractivity contribution is -0.380. The molecule has 0 radical (unpaired) electrons. The SMILES string of the molecule is CC(=O)Nc1cc(NCCCCCCCCCCNC(=O)C[C@@H]2N=C(c3ccc(Cl)cc3)c3c(sc(C)c3C)-n3c(C)nnc32)ccc1C(=O)Nc1nc(C)c([N+](=O)[O-])s1. The number of nitrogens with one attached hydrogen (secondary N) is 4. The Morgan fingerprint density at radius 3 is 2.23 bits per heavy atom. The summed E-state index contributed by atoms with van der Waals surface area (Å²) in [5.74, 6) is 0.492. The fourth-order valence-electron chi connectivity index (χ4n) is 7.07. The van der Waals surface area contributed by atoms with E-state index in [1.165, 1.54) is 18.7 Å². The molecule has 15 nitrogen and oxygen atoms in total. The highest BCUT2D eigenvalue weighted by atomic mass is 35.5. The molecule has 18 heteroatoms. The average Bonchev–Trinajstić information content (AvgIpc) is 3.83. The van der Waals surface area contributed by atoms with Crippen molar-refractivity contribution in [1.82, 2.24) is 25.1 Å². The Labute approximate surface area is 361 Å². The fraction of sp³-hybridized carbons (Fsp3) is 0.405. The predicted octanol–water partition coefficient (Wildman–Crippen LogP) is 9.42. The van der Waals surface area contributed by atoms with Gasteiger partial charge in [-0.25, -0.2) is 4.98 Å². The molecule has 0 saturated carbocycles. The zero-order chi connectivity index (χ0) is 42.9. The van der Waals surface area contributed by atoms with Crippen LogP contribution in [0.1, 0.15) is 120 Å². The third-order valence-corrected chi connectivity index (χ3v) is 12.7. The van der Waals surface area contributed by atoms with Crippen molar-refractivity contribution in [3.05, 3.63) is 102 Å². The van der Waals surface area contributed by atoms with Crippen molar-refractivity contribution in [3.8, 4) is 5.00 Å². The third-order valence-electron chi connectivity index (χ3n) is 10.2. The number of carbonyl (C=O) groups is 3. The molecule has 4 heterocycles. The summed E-state index contributed by atoms with van der Waals surface area (Å²) < 4.78 is 2.06. The second kappa shape index (κ2) is 20.2. The smallest absolute Gasteiger partial charge is 0.348 e. The first kappa shape index (κ1) is 44.0. The van der Waals surface area contributed by atoms with Gasteiger partial charge in [-0.2, -0.15) is 0 Å². The Kier molecular flexibility index (Phi) is 14.8. The maximum Gasteiger partial charge on any atom is 0.348 e. The van der Waals surface area contributed by atoms with Crippen LogP contribution in [0.2, 0.25) is 5.02 Å². The summed E-state index contributed by atoms with van der Waals surface area (Å²) >= 11 is 8.70. The number of aromatic nitrogens is 4. The van der Waals surface area contributed by atoms with Crippen molar-refractivity contribution in [3.63, 3.8) is 0 Å². The second-order valence-electron chi connectivity index (χ2n) is 14.8. The van der Waals surface area contributed by atoms with E-state index in [1.807, 2.05) is 31.2 Å². The molecule has 0 unspecified atom stereocenters. The normalized spacial score (nSPS) is 13.2. The predicted molar refractivity (Wildman–Crippen MR) is 239 cm³/mol. The van der Waals surface area contributed by atoms with E-state index in [9.17, 15) is 24.5 Å². The van der Waals surface area contributed by atoms with Gasteiger partial charge in [-0.05, 0) is 87.8 Å². The average molecular weight is 874 g/mol. The van der Waals surface area contributed by atoms with Crippen LogP contribution < -0.4 is 21.3 Å². The van der Waals surface area contributed by atoms with Gasteiger partial charge in [-0.15, -0.1) is 21.5 Å². The highest BCUT2D eigenvalue weighted by Gasteiger charge is 2.32. The quantitative estimate of drug-likeness (QED) is 0.0355. The van der Waals surface area contributed by atoms with Crippen LogP contribution in [-0.4, -0.2) is 61.2 Å². The largest absolute Gasteiger partial charge is 0.385 e. The standard InChI is InChI=1S/C42H49ClN10O5S2/c1-24-26(3)59-41-36(24)37(29-14-16-30(43)17-15-29)48-34(38-51-50-27(4)52(38)41)23-35(55)45-21-13-11-9-7-6-8-10-12-20-44-31-18-19-32(33(22-31)47-28(5)54)39(56)49-42-46-25(2)40(60-42)53(57)58/h14-19,22,34,44H,6-13,20-21,23H2,1-5H3,(H,45,55)(H,47,54)(H,46,49,56)/t34-/m0/s1. The first-order valence-corrected chi connectivity index (χ1v) is 22.0. The molecule has 2 aromatic carbocycles. The van der Waals surface area contributed by atoms with Crippen LogP contribution in [0, 0.1) is 37.8 Å². The number of rotatable bonds is 19. The van der Waals surface area contributed by atoms with Gasteiger partial charge in [0.15, 0.2) is 11.0 Å². The van der Waals surface area contributed by atoms with E-state index >= 15 is 0 Å². The van der Waals surface area contributed by atoms with Gasteiger partial charge in [0.2, 0.25) is 11.8 Å². The molecule has 3 aromatic heterocycles. The fourth-order valence-corrected chi connectivity index (χ4v) is 9.19. The minimum Gasteiger partial charge on any atom is -0.385 e. The summed E-state index contributed by atoms with van der Waals surface area (Å²) in [6.45, 7) is 10.3. The van der Waals surface area contributed by atoms with E-state index in [2.05, 4.69) is 54.9 Å². The number of anilines is 3. The molecule has 3 amide bonds. The molecule has 6 rings (SSSR count). The molecule has 5 aromatic rings. The van der Waals surface area contributed by atoms with Crippen LogP contribution in [-0.2, 0) is 9.59 Å². The summed E-state index contributed by atoms with van der Waals surface area (Å²) in [6, 6.07) is 12.2. The van der Waals surface area contributed by atoms with Crippen molar-refractivity contribution in [2.45, 2.75) is 98.4 Å². The minimum absolute atomic E-state index is 0.0669. The maximum atomic E-state index is 13.3. The number of unbranched alkanes of at least 4 members (excludes halogenated alkanes) is 7. The number of carbonyl (C=O) groups excluding carboxylic acids is 3. The van der Waals surface area contributed by atoms with Crippen LogP contribution in [0.3, 0.4) is 0 Å². The second-order valence-corrected chi connectivity index (χ2v) is 17.4. The summed E-state index contributed by atoms with van der Waals surface area (Å²) in [4.78, 5) is 59.3. The Morgan fingerprint density at radius 2 is 1.57 bits per heavy atom. The minimum atomic E-state index is -0.538. The highest BCUT2D eigenvalue weighted by Crippen LogP contribution is 2.40. The van der Waals surface area contributed by atoms with Crippen molar-refractivity contribution >= 4 is 79.2 Å². The number of aryl methyl sites for hydroxylation is 3. The Hall–Kier alpha value is -5.52. The van der Waals surface area contributed by atoms with Crippen LogP contribution in [0.4, 0.5) is 21.5 Å².